The van der Waals surface area contributed by atoms with E-state index in [1.807, 2.05) is 44.2 Å². The fourth-order valence-corrected chi connectivity index (χ4v) is 5.38. The zero-order chi connectivity index (χ0) is 22.2. The number of aromatic nitrogens is 3. The minimum Gasteiger partial charge on any atom is -0.360 e. The summed E-state index contributed by atoms with van der Waals surface area (Å²) >= 11 is 0. The molecule has 0 amide bonds. The van der Waals surface area contributed by atoms with Gasteiger partial charge in [-0.15, -0.1) is 0 Å². The molecule has 0 atom stereocenters. The van der Waals surface area contributed by atoms with Crippen molar-refractivity contribution in [3.63, 3.8) is 0 Å². The van der Waals surface area contributed by atoms with Crippen molar-refractivity contribution in [2.75, 3.05) is 36.4 Å². The zero-order valence-electron chi connectivity index (χ0n) is 18.1. The first kappa shape index (κ1) is 21.3. The van der Waals surface area contributed by atoms with E-state index in [4.69, 9.17) is 4.52 Å². The maximum atomic E-state index is 13.0. The Labute approximate surface area is 182 Å². The Morgan fingerprint density at radius 1 is 0.968 bits per heavy atom. The number of benzene rings is 1. The van der Waals surface area contributed by atoms with Crippen LogP contribution in [0.5, 0.6) is 0 Å². The van der Waals surface area contributed by atoms with Crippen molar-refractivity contribution >= 4 is 27.5 Å². The lowest BCUT2D eigenvalue weighted by Gasteiger charge is -2.34. The van der Waals surface area contributed by atoms with Crippen LogP contribution in [0.15, 0.2) is 39.8 Å². The Kier molecular flexibility index (Phi) is 5.67. The summed E-state index contributed by atoms with van der Waals surface area (Å²) in [7, 11) is -3.64. The molecule has 1 aromatic carbocycles. The Balaban J connectivity index is 1.48. The van der Waals surface area contributed by atoms with Gasteiger partial charge in [0.05, 0.1) is 0 Å². The van der Waals surface area contributed by atoms with Crippen molar-refractivity contribution in [2.24, 2.45) is 0 Å². The molecule has 31 heavy (non-hydrogen) atoms. The lowest BCUT2D eigenvalue weighted by Crippen LogP contribution is -2.49. The van der Waals surface area contributed by atoms with Gasteiger partial charge in [-0.05, 0) is 39.8 Å². The van der Waals surface area contributed by atoms with Crippen LogP contribution in [0.4, 0.5) is 17.5 Å². The molecule has 0 spiro atoms. The molecule has 3 heterocycles. The molecule has 1 aliphatic rings. The first-order valence-corrected chi connectivity index (χ1v) is 11.6. The van der Waals surface area contributed by atoms with Crippen LogP contribution >= 0.6 is 0 Å². The number of hydrogen-bond acceptors (Lipinski definition) is 8. The van der Waals surface area contributed by atoms with E-state index in [-0.39, 0.29) is 4.90 Å². The SMILES string of the molecule is Cc1ccc(Nc2nc(C)cc(N3CCN(S(=O)(=O)c4c(C)noc4C)CC3)n2)cc1. The van der Waals surface area contributed by atoms with Gasteiger partial charge in [-0.1, -0.05) is 22.9 Å². The van der Waals surface area contributed by atoms with E-state index < -0.39 is 10.0 Å². The molecule has 3 aromatic rings. The average molecular weight is 443 g/mol. The van der Waals surface area contributed by atoms with Crippen molar-refractivity contribution in [1.29, 1.82) is 0 Å². The minimum absolute atomic E-state index is 0.170. The van der Waals surface area contributed by atoms with Crippen LogP contribution in [-0.4, -0.2) is 54.0 Å². The number of rotatable bonds is 5. The summed E-state index contributed by atoms with van der Waals surface area (Å²) in [6, 6.07) is 9.94. The number of piperazine rings is 1. The van der Waals surface area contributed by atoms with Gasteiger partial charge in [0, 0.05) is 43.6 Å². The third-order valence-electron chi connectivity index (χ3n) is 5.28. The predicted molar refractivity (Wildman–Crippen MR) is 118 cm³/mol. The number of hydrogen-bond donors (Lipinski definition) is 1. The molecular weight excluding hydrogens is 416 g/mol. The maximum Gasteiger partial charge on any atom is 0.248 e. The molecule has 1 N–H and O–H groups in total. The van der Waals surface area contributed by atoms with E-state index in [9.17, 15) is 8.42 Å². The number of nitrogens with one attached hydrogen (secondary N) is 1. The first-order chi connectivity index (χ1) is 14.7. The van der Waals surface area contributed by atoms with Crippen LogP contribution < -0.4 is 10.2 Å². The molecule has 4 rings (SSSR count). The summed E-state index contributed by atoms with van der Waals surface area (Å²) in [5, 5.41) is 7.03. The molecule has 0 bridgehead atoms. The highest BCUT2D eigenvalue weighted by molar-refractivity contribution is 7.89. The highest BCUT2D eigenvalue weighted by Crippen LogP contribution is 2.26. The molecule has 0 saturated carbocycles. The standard InChI is InChI=1S/C21H26N6O3S/c1-14-5-7-18(8-6-14)23-21-22-15(2)13-19(24-21)26-9-11-27(12-10-26)31(28,29)20-16(3)25-30-17(20)4/h5-8,13H,9-12H2,1-4H3,(H,22,23,24). The quantitative estimate of drug-likeness (QED) is 0.643. The summed E-state index contributed by atoms with van der Waals surface area (Å²) in [6.45, 7) is 9.00. The van der Waals surface area contributed by atoms with E-state index in [1.54, 1.807) is 13.8 Å². The number of anilines is 3. The van der Waals surface area contributed by atoms with Gasteiger partial charge in [-0.25, -0.2) is 13.4 Å². The van der Waals surface area contributed by atoms with E-state index >= 15 is 0 Å². The van der Waals surface area contributed by atoms with Crippen LogP contribution in [0.2, 0.25) is 0 Å². The molecule has 1 aliphatic heterocycles. The second kappa shape index (κ2) is 8.27. The summed E-state index contributed by atoms with van der Waals surface area (Å²) in [6.07, 6.45) is 0. The van der Waals surface area contributed by atoms with Crippen molar-refractivity contribution in [3.8, 4) is 0 Å². The molecule has 2 aromatic heterocycles. The van der Waals surface area contributed by atoms with E-state index in [1.165, 1.54) is 9.87 Å². The minimum atomic E-state index is -3.64. The second-order valence-corrected chi connectivity index (χ2v) is 9.60. The Morgan fingerprint density at radius 3 is 2.26 bits per heavy atom. The number of sulfonamides is 1. The topological polar surface area (TPSA) is 104 Å². The highest BCUT2D eigenvalue weighted by Gasteiger charge is 2.33. The smallest absolute Gasteiger partial charge is 0.248 e. The highest BCUT2D eigenvalue weighted by atomic mass is 32.2. The maximum absolute atomic E-state index is 13.0. The second-order valence-electron chi connectivity index (χ2n) is 7.73. The summed E-state index contributed by atoms with van der Waals surface area (Å²) < 4.78 is 32.6. The van der Waals surface area contributed by atoms with Gasteiger partial charge in [0.15, 0.2) is 5.76 Å². The Hall–Kier alpha value is -2.98. The monoisotopic (exact) mass is 442 g/mol. The summed E-state index contributed by atoms with van der Waals surface area (Å²) in [5.74, 6) is 1.61. The predicted octanol–water partition coefficient (Wildman–Crippen LogP) is 2.95. The van der Waals surface area contributed by atoms with Gasteiger partial charge in [-0.3, -0.25) is 0 Å². The van der Waals surface area contributed by atoms with Crippen molar-refractivity contribution in [1.82, 2.24) is 19.4 Å². The summed E-state index contributed by atoms with van der Waals surface area (Å²) in [4.78, 5) is 11.4. The third kappa shape index (κ3) is 4.40. The summed E-state index contributed by atoms with van der Waals surface area (Å²) in [5.41, 5.74) is 3.32. The van der Waals surface area contributed by atoms with Crippen LogP contribution in [-0.2, 0) is 10.0 Å². The van der Waals surface area contributed by atoms with Gasteiger partial charge in [0.1, 0.15) is 16.4 Å². The van der Waals surface area contributed by atoms with Crippen LogP contribution in [0.3, 0.4) is 0 Å². The fraction of sp³-hybridized carbons (Fsp3) is 0.381. The zero-order valence-corrected chi connectivity index (χ0v) is 18.9. The van der Waals surface area contributed by atoms with E-state index in [0.717, 1.165) is 17.2 Å². The molecule has 1 saturated heterocycles. The van der Waals surface area contributed by atoms with Crippen LogP contribution in [0, 0.1) is 27.7 Å². The lowest BCUT2D eigenvalue weighted by atomic mass is 10.2. The number of nitrogens with zero attached hydrogens (tertiary/aromatic N) is 5. The van der Waals surface area contributed by atoms with Gasteiger partial charge in [0.2, 0.25) is 16.0 Å². The molecule has 0 unspecified atom stereocenters. The van der Waals surface area contributed by atoms with Crippen molar-refractivity contribution in [3.05, 3.63) is 53.0 Å². The first-order valence-electron chi connectivity index (χ1n) is 10.1. The third-order valence-corrected chi connectivity index (χ3v) is 7.42. The molecule has 0 aliphatic carbocycles. The van der Waals surface area contributed by atoms with Gasteiger partial charge >= 0.3 is 0 Å². The lowest BCUT2D eigenvalue weighted by molar-refractivity contribution is 0.378. The fourth-order valence-electron chi connectivity index (χ4n) is 3.67. The van der Waals surface area contributed by atoms with Gasteiger partial charge < -0.3 is 14.7 Å². The molecule has 0 radical (unpaired) electrons. The molecular formula is C21H26N6O3S. The largest absolute Gasteiger partial charge is 0.360 e. The van der Waals surface area contributed by atoms with Crippen LogP contribution in [0.25, 0.3) is 0 Å². The van der Waals surface area contributed by atoms with E-state index in [2.05, 4.69) is 25.3 Å². The Morgan fingerprint density at radius 2 is 1.65 bits per heavy atom. The van der Waals surface area contributed by atoms with E-state index in [0.29, 0.717) is 43.6 Å². The average Bonchev–Trinajstić information content (AvgIpc) is 3.08. The van der Waals surface area contributed by atoms with Crippen molar-refractivity contribution < 1.29 is 12.9 Å². The molecule has 164 valence electrons. The number of aryl methyl sites for hydroxylation is 4. The normalized spacial score (nSPS) is 15.3. The molecule has 10 heteroatoms. The van der Waals surface area contributed by atoms with Gasteiger partial charge in [0.25, 0.3) is 0 Å². The van der Waals surface area contributed by atoms with Gasteiger partial charge in [-0.2, -0.15) is 9.29 Å². The molecule has 1 fully saturated rings. The van der Waals surface area contributed by atoms with Crippen molar-refractivity contribution in [2.45, 2.75) is 32.6 Å². The Bertz CT molecular complexity index is 1160. The molecule has 9 nitrogen and oxygen atoms in total. The van der Waals surface area contributed by atoms with Crippen LogP contribution in [0.1, 0.15) is 22.7 Å².